The minimum atomic E-state index is -0.456. The number of halogens is 2. The van der Waals surface area contributed by atoms with Gasteiger partial charge in [0, 0.05) is 23.4 Å². The van der Waals surface area contributed by atoms with Crippen molar-refractivity contribution < 1.29 is 13.9 Å². The number of rotatable bonds is 5. The summed E-state index contributed by atoms with van der Waals surface area (Å²) in [6.45, 7) is 1.90. The van der Waals surface area contributed by atoms with Crippen LogP contribution in [0.3, 0.4) is 0 Å². The lowest BCUT2D eigenvalue weighted by atomic mass is 10.2. The van der Waals surface area contributed by atoms with Crippen LogP contribution in [-0.4, -0.2) is 29.8 Å². The molecule has 154 valence electrons. The van der Waals surface area contributed by atoms with Crippen molar-refractivity contribution >= 4 is 51.1 Å². The van der Waals surface area contributed by atoms with E-state index in [1.54, 1.807) is 48.3 Å². The van der Waals surface area contributed by atoms with Crippen LogP contribution in [0.4, 0.5) is 15.8 Å². The maximum absolute atomic E-state index is 14.9. The first-order valence-electron chi connectivity index (χ1n) is 9.02. The molecule has 4 aromatic rings. The van der Waals surface area contributed by atoms with Gasteiger partial charge < -0.3 is 15.4 Å². The maximum Gasteiger partial charge on any atom is 0.261 e. The van der Waals surface area contributed by atoms with E-state index in [0.717, 1.165) is 16.0 Å². The molecule has 2 heterocycles. The minimum absolute atomic E-state index is 0.168. The van der Waals surface area contributed by atoms with Crippen LogP contribution < -0.4 is 15.4 Å². The molecule has 2 aromatic heterocycles. The molecule has 6 nitrogen and oxygen atoms in total. The number of nitrogens with zero attached hydrogens (tertiary/aromatic N) is 2. The molecule has 0 aliphatic carbocycles. The molecule has 0 fully saturated rings. The van der Waals surface area contributed by atoms with Crippen molar-refractivity contribution in [1.29, 1.82) is 0 Å². The quantitative estimate of drug-likeness (QED) is 0.438. The molecule has 9 heteroatoms. The highest BCUT2D eigenvalue weighted by molar-refractivity contribution is 7.14. The average Bonchev–Trinajstić information content (AvgIpc) is 3.32. The molecule has 0 atom stereocenters. The predicted molar refractivity (Wildman–Crippen MR) is 118 cm³/mol. The Kier molecular flexibility index (Phi) is 5.36. The Morgan fingerprint density at radius 1 is 1.27 bits per heavy atom. The zero-order valence-corrected chi connectivity index (χ0v) is 18.0. The predicted octanol–water partition coefficient (Wildman–Crippen LogP) is 5.30. The Balaban J connectivity index is 1.74. The summed E-state index contributed by atoms with van der Waals surface area (Å²) >= 11 is 7.68. The van der Waals surface area contributed by atoms with E-state index in [1.165, 1.54) is 24.5 Å². The Hall–Kier alpha value is -3.10. The lowest BCUT2D eigenvalue weighted by Crippen LogP contribution is -2.16. The summed E-state index contributed by atoms with van der Waals surface area (Å²) in [5, 5.41) is 11.1. The van der Waals surface area contributed by atoms with Crippen LogP contribution in [0.5, 0.6) is 5.75 Å². The van der Waals surface area contributed by atoms with Crippen LogP contribution >= 0.6 is 22.9 Å². The van der Waals surface area contributed by atoms with E-state index in [2.05, 4.69) is 15.7 Å². The zero-order chi connectivity index (χ0) is 21.4. The van der Waals surface area contributed by atoms with Crippen molar-refractivity contribution in [3.8, 4) is 11.4 Å². The van der Waals surface area contributed by atoms with Crippen molar-refractivity contribution in [1.82, 2.24) is 15.1 Å². The Labute approximate surface area is 181 Å². The first-order chi connectivity index (χ1) is 14.4. The van der Waals surface area contributed by atoms with E-state index in [1.807, 2.05) is 6.92 Å². The maximum atomic E-state index is 14.9. The van der Waals surface area contributed by atoms with Gasteiger partial charge in [0.2, 0.25) is 0 Å². The van der Waals surface area contributed by atoms with Gasteiger partial charge in [0.1, 0.15) is 16.6 Å². The molecule has 4 rings (SSSR count). The fourth-order valence-corrected chi connectivity index (χ4v) is 4.36. The molecule has 2 aromatic carbocycles. The fourth-order valence-electron chi connectivity index (χ4n) is 3.16. The van der Waals surface area contributed by atoms with Gasteiger partial charge in [0.25, 0.3) is 5.91 Å². The molecule has 0 aliphatic rings. The first-order valence-corrected chi connectivity index (χ1v) is 10.2. The number of aromatic nitrogens is 2. The van der Waals surface area contributed by atoms with Crippen molar-refractivity contribution in [3.63, 3.8) is 0 Å². The second-order valence-electron chi connectivity index (χ2n) is 6.53. The number of nitrogens with one attached hydrogen (secondary N) is 2. The molecule has 0 aliphatic heterocycles. The Morgan fingerprint density at radius 2 is 2.07 bits per heavy atom. The van der Waals surface area contributed by atoms with Crippen LogP contribution in [0.15, 0.2) is 42.6 Å². The summed E-state index contributed by atoms with van der Waals surface area (Å²) < 4.78 is 21.8. The number of methoxy groups -OCH3 is 1. The van der Waals surface area contributed by atoms with Crippen molar-refractivity contribution in [3.05, 3.63) is 63.2 Å². The van der Waals surface area contributed by atoms with Gasteiger partial charge in [-0.05, 0) is 31.2 Å². The highest BCUT2D eigenvalue weighted by Gasteiger charge is 2.17. The monoisotopic (exact) mass is 444 g/mol. The van der Waals surface area contributed by atoms with Gasteiger partial charge in [0.15, 0.2) is 0 Å². The molecule has 0 radical (unpaired) electrons. The number of carbonyl (C=O) groups is 1. The number of hydrogen-bond acceptors (Lipinski definition) is 5. The second-order valence-corrected chi connectivity index (χ2v) is 8.16. The number of hydrogen-bond donors (Lipinski definition) is 2. The van der Waals surface area contributed by atoms with Gasteiger partial charge in [-0.3, -0.25) is 4.79 Å². The smallest absolute Gasteiger partial charge is 0.261 e. The third-order valence-electron chi connectivity index (χ3n) is 4.68. The van der Waals surface area contributed by atoms with Crippen LogP contribution in [0.25, 0.3) is 16.6 Å². The highest BCUT2D eigenvalue weighted by atomic mass is 35.5. The average molecular weight is 445 g/mol. The Bertz CT molecular complexity index is 1270. The molecule has 30 heavy (non-hydrogen) atoms. The van der Waals surface area contributed by atoms with Crippen LogP contribution in [0, 0.1) is 12.7 Å². The molecule has 1 amide bonds. The summed E-state index contributed by atoms with van der Waals surface area (Å²) in [5.74, 6) is -0.128. The summed E-state index contributed by atoms with van der Waals surface area (Å²) in [7, 11) is 3.10. The van der Waals surface area contributed by atoms with Gasteiger partial charge in [-0.2, -0.15) is 5.10 Å². The summed E-state index contributed by atoms with van der Waals surface area (Å²) in [5.41, 5.74) is 2.14. The summed E-state index contributed by atoms with van der Waals surface area (Å²) in [4.78, 5) is 13.4. The van der Waals surface area contributed by atoms with Crippen molar-refractivity contribution in [2.75, 3.05) is 19.5 Å². The van der Waals surface area contributed by atoms with Crippen LogP contribution in [0.2, 0.25) is 5.02 Å². The number of fused-ring (bicyclic) bond motifs is 1. The number of amides is 1. The molecular weight excluding hydrogens is 427 g/mol. The first kappa shape index (κ1) is 20.2. The largest absolute Gasteiger partial charge is 0.495 e. The van der Waals surface area contributed by atoms with Crippen LogP contribution in [-0.2, 0) is 0 Å². The van der Waals surface area contributed by atoms with E-state index < -0.39 is 5.82 Å². The van der Waals surface area contributed by atoms with E-state index in [0.29, 0.717) is 26.9 Å². The van der Waals surface area contributed by atoms with Crippen LogP contribution in [0.1, 0.15) is 14.5 Å². The van der Waals surface area contributed by atoms with E-state index in [-0.39, 0.29) is 11.6 Å². The molecule has 0 unspecified atom stereocenters. The molecule has 2 N–H and O–H groups in total. The van der Waals surface area contributed by atoms with E-state index in [9.17, 15) is 9.18 Å². The molecular formula is C21H18ClFN4O2S. The number of anilines is 2. The normalized spacial score (nSPS) is 11.0. The zero-order valence-electron chi connectivity index (χ0n) is 16.4. The van der Waals surface area contributed by atoms with Gasteiger partial charge in [0.05, 0.1) is 40.8 Å². The molecule has 0 saturated heterocycles. The summed E-state index contributed by atoms with van der Waals surface area (Å²) in [6, 6.07) is 10.1. The standard InChI is InChI=1S/C21H18ClFN4O2S/c1-11-16(9-19(30-11)21(28)24-2)27-17-8-13(23)15(7-12(17)10-25-27)26-14-5-4-6-18(29-3)20(14)22/h4-10,26H,1-3H3,(H,24,28). The molecule has 0 saturated carbocycles. The lowest BCUT2D eigenvalue weighted by molar-refractivity contribution is 0.0967. The fraction of sp³-hybridized carbons (Fsp3) is 0.143. The SMILES string of the molecule is CNC(=O)c1cc(-n2ncc3cc(Nc4cccc(OC)c4Cl)c(F)cc32)c(C)s1. The van der Waals surface area contributed by atoms with Gasteiger partial charge >= 0.3 is 0 Å². The van der Waals surface area contributed by atoms with Crippen molar-refractivity contribution in [2.45, 2.75) is 6.92 Å². The van der Waals surface area contributed by atoms with E-state index >= 15 is 0 Å². The third kappa shape index (κ3) is 3.48. The summed E-state index contributed by atoms with van der Waals surface area (Å²) in [6.07, 6.45) is 1.66. The lowest BCUT2D eigenvalue weighted by Gasteiger charge is -2.12. The number of carbonyl (C=O) groups excluding carboxylic acids is 1. The number of aryl methyl sites for hydroxylation is 1. The van der Waals surface area contributed by atoms with Gasteiger partial charge in [-0.15, -0.1) is 11.3 Å². The van der Waals surface area contributed by atoms with Gasteiger partial charge in [-0.1, -0.05) is 17.7 Å². The van der Waals surface area contributed by atoms with E-state index in [4.69, 9.17) is 16.3 Å². The highest BCUT2D eigenvalue weighted by Crippen LogP contribution is 2.35. The molecule has 0 spiro atoms. The van der Waals surface area contributed by atoms with Gasteiger partial charge in [-0.25, -0.2) is 9.07 Å². The third-order valence-corrected chi connectivity index (χ3v) is 6.11. The Morgan fingerprint density at radius 3 is 2.80 bits per heavy atom. The second kappa shape index (κ2) is 7.97. The minimum Gasteiger partial charge on any atom is -0.495 e. The van der Waals surface area contributed by atoms with Crippen molar-refractivity contribution in [2.24, 2.45) is 0 Å². The number of thiophene rings is 1. The number of benzene rings is 2. The topological polar surface area (TPSA) is 68.2 Å². The number of ether oxygens (including phenoxy) is 1. The molecule has 0 bridgehead atoms.